The van der Waals surface area contributed by atoms with Crippen LogP contribution in [0.3, 0.4) is 0 Å². The molecule has 1 atom stereocenters. The van der Waals surface area contributed by atoms with Crippen LogP contribution >= 0.6 is 0 Å². The molecule has 2 N–H and O–H groups in total. The lowest BCUT2D eigenvalue weighted by Crippen LogP contribution is -2.47. The van der Waals surface area contributed by atoms with Gasteiger partial charge in [0.1, 0.15) is 11.4 Å². The van der Waals surface area contributed by atoms with E-state index in [0.29, 0.717) is 58.6 Å². The maximum Gasteiger partial charge on any atom is 0.410 e. The number of carbonyl (C=O) groups is 1. The van der Waals surface area contributed by atoms with Gasteiger partial charge in [0.25, 0.3) is 0 Å². The Bertz CT molecular complexity index is 2070. The fraction of sp³-hybridized carbons (Fsp3) is 0.306. The molecular formula is C36H39N7O5S. The summed E-state index contributed by atoms with van der Waals surface area (Å²) in [6, 6.07) is 18.0. The summed E-state index contributed by atoms with van der Waals surface area (Å²) in [5.41, 5.74) is 2.55. The molecule has 2 aromatic carbocycles. The summed E-state index contributed by atoms with van der Waals surface area (Å²) in [6.45, 7) is 8.61. The highest BCUT2D eigenvalue weighted by molar-refractivity contribution is 7.91. The number of aromatic nitrogens is 4. The second-order valence-corrected chi connectivity index (χ2v) is 14.7. The van der Waals surface area contributed by atoms with E-state index >= 15 is 0 Å². The molecule has 0 radical (unpaired) electrons. The van der Waals surface area contributed by atoms with E-state index in [1.807, 2.05) is 58.0 Å². The minimum absolute atomic E-state index is 0.0459. The summed E-state index contributed by atoms with van der Waals surface area (Å²) >= 11 is 0. The molecule has 3 aromatic heterocycles. The highest BCUT2D eigenvalue weighted by Gasteiger charge is 2.28. The number of hydrogen-bond donors (Lipinski definition) is 2. The van der Waals surface area contributed by atoms with E-state index in [-0.39, 0.29) is 17.9 Å². The van der Waals surface area contributed by atoms with Gasteiger partial charge in [0, 0.05) is 54.7 Å². The second-order valence-electron chi connectivity index (χ2n) is 13.0. The van der Waals surface area contributed by atoms with Gasteiger partial charge in [-0.05, 0) is 82.0 Å². The van der Waals surface area contributed by atoms with E-state index in [4.69, 9.17) is 14.5 Å². The third-order valence-corrected chi connectivity index (χ3v) is 9.11. The Hall–Kier alpha value is -5.30. The fourth-order valence-electron chi connectivity index (χ4n) is 5.68. The Labute approximate surface area is 286 Å². The number of piperidine rings is 1. The maximum atomic E-state index is 13.1. The number of aryl methyl sites for hydroxylation is 1. The third-order valence-electron chi connectivity index (χ3n) is 7.86. The van der Waals surface area contributed by atoms with Crippen molar-refractivity contribution >= 4 is 38.5 Å². The minimum Gasteiger partial charge on any atom is -0.444 e. The van der Waals surface area contributed by atoms with Crippen LogP contribution in [0, 0.1) is 6.92 Å². The van der Waals surface area contributed by atoms with Crippen LogP contribution in [-0.4, -0.2) is 64.1 Å². The molecule has 1 amide bonds. The van der Waals surface area contributed by atoms with Crippen LogP contribution in [0.25, 0.3) is 22.0 Å². The number of pyridine rings is 2. The van der Waals surface area contributed by atoms with Crippen LogP contribution in [0.1, 0.15) is 44.7 Å². The number of nitrogens with one attached hydrogen (secondary N) is 2. The highest BCUT2D eigenvalue weighted by Crippen LogP contribution is 2.39. The molecule has 6 rings (SSSR count). The zero-order chi connectivity index (χ0) is 34.6. The topological polar surface area (TPSA) is 149 Å². The first-order chi connectivity index (χ1) is 23.4. The van der Waals surface area contributed by atoms with E-state index in [0.717, 1.165) is 23.8 Å². The molecule has 254 valence electrons. The van der Waals surface area contributed by atoms with Gasteiger partial charge in [-0.3, -0.25) is 9.71 Å². The quantitative estimate of drug-likeness (QED) is 0.168. The Morgan fingerprint density at radius 3 is 2.61 bits per heavy atom. The Morgan fingerprint density at radius 1 is 0.980 bits per heavy atom. The fourth-order valence-corrected chi connectivity index (χ4v) is 6.88. The van der Waals surface area contributed by atoms with Crippen molar-refractivity contribution in [3.05, 3.63) is 96.6 Å². The molecule has 1 aliphatic rings. The number of carbonyl (C=O) groups excluding carboxylic acids is 1. The number of rotatable bonds is 9. The van der Waals surface area contributed by atoms with Gasteiger partial charge < -0.3 is 19.7 Å². The Morgan fingerprint density at radius 2 is 1.82 bits per heavy atom. The van der Waals surface area contributed by atoms with Crippen molar-refractivity contribution < 1.29 is 22.7 Å². The number of nitrogens with zero attached hydrogens (tertiary/aromatic N) is 5. The number of hydrogen-bond acceptors (Lipinski definition) is 10. The van der Waals surface area contributed by atoms with Gasteiger partial charge in [-0.25, -0.2) is 28.2 Å². The van der Waals surface area contributed by atoms with Gasteiger partial charge in [0.15, 0.2) is 0 Å². The van der Waals surface area contributed by atoms with E-state index in [1.54, 1.807) is 53.8 Å². The summed E-state index contributed by atoms with van der Waals surface area (Å²) < 4.78 is 41.0. The Balaban J connectivity index is 1.23. The van der Waals surface area contributed by atoms with Crippen molar-refractivity contribution in [2.45, 2.75) is 57.9 Å². The summed E-state index contributed by atoms with van der Waals surface area (Å²) in [4.78, 5) is 32.2. The van der Waals surface area contributed by atoms with Crippen molar-refractivity contribution in [3.8, 4) is 22.9 Å². The minimum atomic E-state index is -3.72. The molecular weight excluding hydrogens is 643 g/mol. The molecule has 1 saturated heterocycles. The lowest BCUT2D eigenvalue weighted by atomic mass is 10.0. The largest absolute Gasteiger partial charge is 0.444 e. The molecule has 0 spiro atoms. The summed E-state index contributed by atoms with van der Waals surface area (Å²) in [7, 11) is -3.72. The Kier molecular flexibility index (Phi) is 9.63. The molecule has 0 unspecified atom stereocenters. The van der Waals surface area contributed by atoms with Crippen molar-refractivity contribution in [1.29, 1.82) is 0 Å². The first kappa shape index (κ1) is 33.6. The molecule has 12 nitrogen and oxygen atoms in total. The number of amides is 1. The standard InChI is InChI=1S/C36H39N7O5S/c1-24-14-15-27-28(11-5-13-31(27)42-49(45,46)23-25-9-6-17-37-21-25)32(24)47-33-29(12-7-18-38-33)30-16-19-39-34(41-30)40-26-10-8-20-43(22-26)35(44)48-36(2,3)4/h5-7,9,11-19,21,26,42H,8,10,20,22-23H2,1-4H3,(H,39,40,41)/t26-/m0/s1. The number of sulfonamides is 1. The van der Waals surface area contributed by atoms with Crippen molar-refractivity contribution in [1.82, 2.24) is 24.8 Å². The zero-order valence-electron chi connectivity index (χ0n) is 27.9. The van der Waals surface area contributed by atoms with Crippen LogP contribution in [-0.2, 0) is 20.5 Å². The van der Waals surface area contributed by atoms with Gasteiger partial charge in [-0.15, -0.1) is 0 Å². The van der Waals surface area contributed by atoms with E-state index in [2.05, 4.69) is 25.0 Å². The zero-order valence-corrected chi connectivity index (χ0v) is 28.7. The molecule has 0 aliphatic carbocycles. The molecule has 0 bridgehead atoms. The SMILES string of the molecule is Cc1ccc2c(NS(=O)(=O)Cc3cccnc3)cccc2c1Oc1ncccc1-c1ccnc(N[C@H]2CCCN(C(=O)OC(C)(C)C)C2)n1. The number of likely N-dealkylation sites (tertiary alicyclic amines) is 1. The van der Waals surface area contributed by atoms with Gasteiger partial charge in [0.05, 0.1) is 22.7 Å². The average Bonchev–Trinajstić information content (AvgIpc) is 3.06. The monoisotopic (exact) mass is 681 g/mol. The van der Waals surface area contributed by atoms with Crippen molar-refractivity contribution in [2.24, 2.45) is 0 Å². The lowest BCUT2D eigenvalue weighted by Gasteiger charge is -2.34. The summed E-state index contributed by atoms with van der Waals surface area (Å²) in [5, 5.41) is 4.78. The molecule has 1 aliphatic heterocycles. The molecule has 1 fully saturated rings. The second kappa shape index (κ2) is 14.0. The van der Waals surface area contributed by atoms with Crippen LogP contribution in [0.2, 0.25) is 0 Å². The summed E-state index contributed by atoms with van der Waals surface area (Å²) in [6.07, 6.45) is 7.81. The van der Waals surface area contributed by atoms with Crippen LogP contribution in [0.5, 0.6) is 11.6 Å². The van der Waals surface area contributed by atoms with Crippen LogP contribution < -0.4 is 14.8 Å². The number of anilines is 2. The number of ether oxygens (including phenoxy) is 2. The smallest absolute Gasteiger partial charge is 0.410 e. The van der Waals surface area contributed by atoms with Crippen LogP contribution in [0.4, 0.5) is 16.4 Å². The van der Waals surface area contributed by atoms with Crippen molar-refractivity contribution in [3.63, 3.8) is 0 Å². The normalized spacial score (nSPS) is 15.1. The predicted molar refractivity (Wildman–Crippen MR) is 189 cm³/mol. The van der Waals surface area contributed by atoms with E-state index < -0.39 is 15.6 Å². The van der Waals surface area contributed by atoms with Gasteiger partial charge in [-0.1, -0.05) is 30.3 Å². The van der Waals surface area contributed by atoms with Gasteiger partial charge >= 0.3 is 6.09 Å². The first-order valence-corrected chi connectivity index (χ1v) is 17.7. The average molecular weight is 682 g/mol. The molecule has 13 heteroatoms. The molecule has 0 saturated carbocycles. The number of fused-ring (bicyclic) bond motifs is 1. The van der Waals surface area contributed by atoms with Gasteiger partial charge in [0.2, 0.25) is 21.9 Å². The van der Waals surface area contributed by atoms with Crippen LogP contribution in [0.15, 0.2) is 85.5 Å². The summed E-state index contributed by atoms with van der Waals surface area (Å²) in [5.74, 6) is 1.09. The maximum absolute atomic E-state index is 13.1. The molecule has 4 heterocycles. The predicted octanol–water partition coefficient (Wildman–Crippen LogP) is 6.94. The molecule has 5 aromatic rings. The first-order valence-electron chi connectivity index (χ1n) is 16.1. The molecule has 49 heavy (non-hydrogen) atoms. The van der Waals surface area contributed by atoms with Gasteiger partial charge in [-0.2, -0.15) is 0 Å². The van der Waals surface area contributed by atoms with E-state index in [9.17, 15) is 13.2 Å². The highest BCUT2D eigenvalue weighted by atomic mass is 32.2. The number of benzene rings is 2. The van der Waals surface area contributed by atoms with Crippen molar-refractivity contribution in [2.75, 3.05) is 23.1 Å². The van der Waals surface area contributed by atoms with E-state index in [1.165, 1.54) is 6.20 Å². The third kappa shape index (κ3) is 8.41. The lowest BCUT2D eigenvalue weighted by molar-refractivity contribution is 0.0206.